The first-order valence-electron chi connectivity index (χ1n) is 8.05. The number of hydrogen-bond acceptors (Lipinski definition) is 2. The Bertz CT molecular complexity index is 719. The summed E-state index contributed by atoms with van der Waals surface area (Å²) in [7, 11) is 0. The summed E-state index contributed by atoms with van der Waals surface area (Å²) >= 11 is 0. The molecule has 23 heavy (non-hydrogen) atoms. The van der Waals surface area contributed by atoms with Crippen LogP contribution in [0.5, 0.6) is 0 Å². The Labute approximate surface area is 137 Å². The molecule has 5 heteroatoms. The van der Waals surface area contributed by atoms with Crippen molar-refractivity contribution in [3.05, 3.63) is 48.4 Å². The third kappa shape index (κ3) is 2.83. The number of carbonyl (C=O) groups excluding carboxylic acids is 1. The van der Waals surface area contributed by atoms with Crippen LogP contribution in [-0.4, -0.2) is 25.2 Å². The van der Waals surface area contributed by atoms with Gasteiger partial charge < -0.3 is 9.47 Å². The van der Waals surface area contributed by atoms with Crippen molar-refractivity contribution in [2.24, 2.45) is 0 Å². The van der Waals surface area contributed by atoms with Gasteiger partial charge >= 0.3 is 0 Å². The van der Waals surface area contributed by atoms with Crippen molar-refractivity contribution in [1.29, 1.82) is 0 Å². The fourth-order valence-corrected chi connectivity index (χ4v) is 2.97. The number of fused-ring (bicyclic) bond motifs is 1. The minimum atomic E-state index is -0.110. The van der Waals surface area contributed by atoms with Gasteiger partial charge in [0, 0.05) is 24.4 Å². The molecule has 0 spiro atoms. The van der Waals surface area contributed by atoms with Crippen LogP contribution in [-0.2, 0) is 23.4 Å². The minimum Gasteiger partial charge on any atom is -0.332 e. The Morgan fingerprint density at radius 2 is 2.00 bits per heavy atom. The molecule has 0 bridgehead atoms. The zero-order chi connectivity index (χ0) is 16.6. The molecule has 0 unspecified atom stereocenters. The van der Waals surface area contributed by atoms with Gasteiger partial charge in [-0.05, 0) is 39.3 Å². The van der Waals surface area contributed by atoms with Gasteiger partial charge in [0.05, 0.1) is 24.3 Å². The van der Waals surface area contributed by atoms with E-state index in [0.717, 1.165) is 23.5 Å². The lowest BCUT2D eigenvalue weighted by Crippen LogP contribution is -2.29. The lowest BCUT2D eigenvalue weighted by atomic mass is 10.1. The molecule has 1 amide bonds. The minimum absolute atomic E-state index is 0.110. The van der Waals surface area contributed by atoms with Crippen molar-refractivity contribution in [2.45, 2.75) is 52.2 Å². The van der Waals surface area contributed by atoms with E-state index in [1.54, 1.807) is 6.08 Å². The van der Waals surface area contributed by atoms with E-state index < -0.39 is 0 Å². The number of allylic oxidation sites excluding steroid dienone is 1. The number of nitrogens with zero attached hydrogens (tertiary/aromatic N) is 4. The summed E-state index contributed by atoms with van der Waals surface area (Å²) in [4.78, 5) is 14.2. The number of rotatable bonds is 4. The molecule has 0 saturated heterocycles. The van der Waals surface area contributed by atoms with E-state index in [1.807, 2.05) is 29.4 Å². The monoisotopic (exact) mass is 312 g/mol. The molecular formula is C18H24N4O. The van der Waals surface area contributed by atoms with Crippen LogP contribution in [0.3, 0.4) is 0 Å². The smallest absolute Gasteiger partial charge is 0.223 e. The molecule has 2 aromatic rings. The van der Waals surface area contributed by atoms with Gasteiger partial charge in [-0.25, -0.2) is 4.68 Å². The van der Waals surface area contributed by atoms with Gasteiger partial charge in [-0.3, -0.25) is 4.79 Å². The molecule has 122 valence electrons. The molecule has 0 aliphatic carbocycles. The maximum atomic E-state index is 12.3. The first kappa shape index (κ1) is 15.6. The highest BCUT2D eigenvalue weighted by molar-refractivity contribution is 5.77. The number of hydrogen-bond donors (Lipinski definition) is 0. The Morgan fingerprint density at radius 1 is 1.30 bits per heavy atom. The van der Waals surface area contributed by atoms with Crippen LogP contribution >= 0.6 is 0 Å². The predicted octanol–water partition coefficient (Wildman–Crippen LogP) is 3.24. The fraction of sp³-hybridized carbons (Fsp3) is 0.444. The van der Waals surface area contributed by atoms with E-state index in [2.05, 4.69) is 36.6 Å². The lowest BCUT2D eigenvalue weighted by Gasteiger charge is -2.24. The van der Waals surface area contributed by atoms with Crippen molar-refractivity contribution in [1.82, 2.24) is 19.2 Å². The molecule has 5 nitrogen and oxygen atoms in total. The topological polar surface area (TPSA) is 43.1 Å². The molecular weight excluding hydrogens is 288 g/mol. The van der Waals surface area contributed by atoms with Crippen molar-refractivity contribution in [3.8, 4) is 5.82 Å². The van der Waals surface area contributed by atoms with E-state index in [4.69, 9.17) is 5.10 Å². The molecule has 0 aromatic carbocycles. The summed E-state index contributed by atoms with van der Waals surface area (Å²) in [5, 5.41) is 4.81. The molecule has 0 radical (unpaired) electrons. The molecule has 0 fully saturated rings. The summed E-state index contributed by atoms with van der Waals surface area (Å²) in [6, 6.07) is 4.02. The van der Waals surface area contributed by atoms with Crippen molar-refractivity contribution in [3.63, 3.8) is 0 Å². The lowest BCUT2D eigenvalue weighted by molar-refractivity contribution is -0.131. The second-order valence-electron chi connectivity index (χ2n) is 7.00. The SMILES string of the molecule is C=CCCC(=O)N1Cc2nn(C(C)(C)C)c(-n3cccc3)c2C1. The van der Waals surface area contributed by atoms with E-state index in [9.17, 15) is 4.79 Å². The molecule has 2 aromatic heterocycles. The molecule has 1 aliphatic rings. The van der Waals surface area contributed by atoms with Crippen LogP contribution in [0, 0.1) is 0 Å². The van der Waals surface area contributed by atoms with Gasteiger partial charge in [-0.15, -0.1) is 6.58 Å². The van der Waals surface area contributed by atoms with Crippen LogP contribution < -0.4 is 0 Å². The quantitative estimate of drug-likeness (QED) is 0.813. The van der Waals surface area contributed by atoms with Crippen LogP contribution in [0.4, 0.5) is 0 Å². The van der Waals surface area contributed by atoms with Crippen molar-refractivity contribution in [2.75, 3.05) is 0 Å². The summed E-state index contributed by atoms with van der Waals surface area (Å²) in [5.41, 5.74) is 2.06. The van der Waals surface area contributed by atoms with Crippen LogP contribution in [0.2, 0.25) is 0 Å². The van der Waals surface area contributed by atoms with Gasteiger partial charge in [-0.1, -0.05) is 6.08 Å². The Morgan fingerprint density at radius 3 is 2.61 bits per heavy atom. The fourth-order valence-electron chi connectivity index (χ4n) is 2.97. The van der Waals surface area contributed by atoms with E-state index in [0.29, 0.717) is 19.5 Å². The largest absolute Gasteiger partial charge is 0.332 e. The van der Waals surface area contributed by atoms with Crippen LogP contribution in [0.1, 0.15) is 44.9 Å². The highest BCUT2D eigenvalue weighted by atomic mass is 16.2. The normalized spacial score (nSPS) is 14.1. The highest BCUT2D eigenvalue weighted by Crippen LogP contribution is 2.32. The van der Waals surface area contributed by atoms with E-state index >= 15 is 0 Å². The van der Waals surface area contributed by atoms with E-state index in [1.165, 1.54) is 0 Å². The maximum Gasteiger partial charge on any atom is 0.223 e. The number of carbonyl (C=O) groups is 1. The summed E-state index contributed by atoms with van der Waals surface area (Å²) in [6.45, 7) is 11.4. The Hall–Kier alpha value is -2.30. The average molecular weight is 312 g/mol. The molecule has 3 heterocycles. The van der Waals surface area contributed by atoms with Gasteiger partial charge in [-0.2, -0.15) is 5.10 Å². The first-order valence-corrected chi connectivity index (χ1v) is 8.05. The zero-order valence-corrected chi connectivity index (χ0v) is 14.1. The Balaban J connectivity index is 1.95. The second kappa shape index (κ2) is 5.72. The number of aromatic nitrogens is 3. The molecule has 0 N–H and O–H groups in total. The van der Waals surface area contributed by atoms with Crippen molar-refractivity contribution < 1.29 is 4.79 Å². The predicted molar refractivity (Wildman–Crippen MR) is 90.2 cm³/mol. The van der Waals surface area contributed by atoms with Gasteiger partial charge in [0.1, 0.15) is 5.82 Å². The van der Waals surface area contributed by atoms with E-state index in [-0.39, 0.29) is 11.4 Å². The zero-order valence-electron chi connectivity index (χ0n) is 14.1. The van der Waals surface area contributed by atoms with Gasteiger partial charge in [0.25, 0.3) is 0 Å². The maximum absolute atomic E-state index is 12.3. The summed E-state index contributed by atoms with van der Waals surface area (Å²) in [5.74, 6) is 1.24. The molecule has 3 rings (SSSR count). The average Bonchev–Trinajstić information content (AvgIpc) is 3.17. The standard InChI is InChI=1S/C18H24N4O/c1-5-6-9-16(23)21-12-14-15(13-21)19-22(18(2,3)4)17(14)20-10-7-8-11-20/h5,7-8,10-11H,1,6,9,12-13H2,2-4H3. The van der Waals surface area contributed by atoms with Gasteiger partial charge in [0.15, 0.2) is 0 Å². The van der Waals surface area contributed by atoms with Crippen LogP contribution in [0.25, 0.3) is 5.82 Å². The molecule has 0 saturated carbocycles. The first-order chi connectivity index (χ1) is 10.9. The van der Waals surface area contributed by atoms with Crippen LogP contribution in [0.15, 0.2) is 37.2 Å². The molecule has 1 aliphatic heterocycles. The Kier molecular flexibility index (Phi) is 3.88. The summed E-state index contributed by atoms with van der Waals surface area (Å²) in [6.07, 6.45) is 7.09. The van der Waals surface area contributed by atoms with Gasteiger partial charge in [0.2, 0.25) is 5.91 Å². The second-order valence-corrected chi connectivity index (χ2v) is 7.00. The third-order valence-corrected chi connectivity index (χ3v) is 4.13. The van der Waals surface area contributed by atoms with Crippen molar-refractivity contribution >= 4 is 5.91 Å². The number of amides is 1. The molecule has 0 atom stereocenters. The third-order valence-electron chi connectivity index (χ3n) is 4.13. The highest BCUT2D eigenvalue weighted by Gasteiger charge is 2.33. The summed E-state index contributed by atoms with van der Waals surface area (Å²) < 4.78 is 4.16.